The Morgan fingerprint density at radius 1 is 1.20 bits per heavy atom. The van der Waals surface area contributed by atoms with E-state index < -0.39 is 5.91 Å². The lowest BCUT2D eigenvalue weighted by molar-refractivity contribution is -0.118. The zero-order chi connectivity index (χ0) is 14.5. The van der Waals surface area contributed by atoms with Gasteiger partial charge in [0.05, 0.1) is 0 Å². The minimum absolute atomic E-state index is 0.0799. The normalized spacial score (nSPS) is 10.3. The quantitative estimate of drug-likeness (QED) is 0.788. The van der Waals surface area contributed by atoms with Gasteiger partial charge in [-0.15, -0.1) is 0 Å². The Kier molecular flexibility index (Phi) is 4.09. The molecule has 0 aliphatic rings. The first kappa shape index (κ1) is 13.7. The Bertz CT molecular complexity index is 607. The summed E-state index contributed by atoms with van der Waals surface area (Å²) < 4.78 is 0. The largest absolute Gasteiger partial charge is 0.326 e. The molecule has 0 aliphatic heterocycles. The molecule has 2 amide bonds. The van der Waals surface area contributed by atoms with Crippen molar-refractivity contribution in [2.24, 2.45) is 5.92 Å². The lowest BCUT2D eigenvalue weighted by atomic mass is 10.2. The molecule has 0 fully saturated rings. The average molecular weight is 273 g/mol. The predicted octanol–water partition coefficient (Wildman–Crippen LogP) is 1.65. The first-order valence-electron chi connectivity index (χ1n) is 6.14. The molecule has 2 aromatic rings. The number of H-pyrrole nitrogens is 1. The highest BCUT2D eigenvalue weighted by Gasteiger charge is 2.10. The summed E-state index contributed by atoms with van der Waals surface area (Å²) in [5, 5.41) is 11.5. The van der Waals surface area contributed by atoms with Gasteiger partial charge in [-0.05, 0) is 18.2 Å². The van der Waals surface area contributed by atoms with Crippen molar-refractivity contribution in [1.29, 1.82) is 0 Å². The van der Waals surface area contributed by atoms with Crippen LogP contribution in [0, 0.1) is 5.92 Å². The topological polar surface area (TPSA) is 99.8 Å². The number of amides is 2. The van der Waals surface area contributed by atoms with Crippen LogP contribution in [0.15, 0.2) is 30.6 Å². The van der Waals surface area contributed by atoms with Crippen LogP contribution in [0.25, 0.3) is 0 Å². The average Bonchev–Trinajstić information content (AvgIpc) is 2.92. The molecule has 7 nitrogen and oxygen atoms in total. The van der Waals surface area contributed by atoms with Crippen molar-refractivity contribution in [3.63, 3.8) is 0 Å². The van der Waals surface area contributed by atoms with E-state index in [0.29, 0.717) is 11.4 Å². The maximum atomic E-state index is 11.8. The number of aromatic amines is 1. The molecule has 0 bridgehead atoms. The van der Waals surface area contributed by atoms with E-state index in [-0.39, 0.29) is 17.6 Å². The van der Waals surface area contributed by atoms with Gasteiger partial charge < -0.3 is 10.6 Å². The fourth-order valence-corrected chi connectivity index (χ4v) is 1.47. The van der Waals surface area contributed by atoms with E-state index in [9.17, 15) is 9.59 Å². The van der Waals surface area contributed by atoms with E-state index in [1.807, 2.05) is 13.8 Å². The summed E-state index contributed by atoms with van der Waals surface area (Å²) in [5.41, 5.74) is 1.19. The minimum atomic E-state index is -0.394. The Balaban J connectivity index is 2.06. The Morgan fingerprint density at radius 3 is 2.50 bits per heavy atom. The predicted molar refractivity (Wildman–Crippen MR) is 74.2 cm³/mol. The molecule has 0 saturated carbocycles. The molecule has 7 heteroatoms. The van der Waals surface area contributed by atoms with Crippen molar-refractivity contribution >= 4 is 23.2 Å². The van der Waals surface area contributed by atoms with E-state index in [1.54, 1.807) is 24.3 Å². The van der Waals surface area contributed by atoms with E-state index in [1.165, 1.54) is 6.33 Å². The van der Waals surface area contributed by atoms with E-state index in [0.717, 1.165) is 0 Å². The molecular formula is C13H15N5O2. The van der Waals surface area contributed by atoms with Crippen LogP contribution < -0.4 is 10.6 Å². The van der Waals surface area contributed by atoms with Gasteiger partial charge in [0.2, 0.25) is 11.7 Å². The van der Waals surface area contributed by atoms with Gasteiger partial charge in [0, 0.05) is 17.3 Å². The fourth-order valence-electron chi connectivity index (χ4n) is 1.47. The highest BCUT2D eigenvalue weighted by Crippen LogP contribution is 2.16. The second-order valence-corrected chi connectivity index (χ2v) is 4.51. The zero-order valence-electron chi connectivity index (χ0n) is 11.2. The highest BCUT2D eigenvalue weighted by molar-refractivity contribution is 6.02. The van der Waals surface area contributed by atoms with Crippen LogP contribution >= 0.6 is 0 Å². The molecule has 0 atom stereocenters. The molecule has 1 heterocycles. The lowest BCUT2D eigenvalue weighted by Crippen LogP contribution is -2.18. The third-order valence-corrected chi connectivity index (χ3v) is 2.54. The summed E-state index contributed by atoms with van der Waals surface area (Å²) in [6.45, 7) is 3.62. The first-order chi connectivity index (χ1) is 9.56. The number of aromatic nitrogens is 3. The Hall–Kier alpha value is -2.70. The number of anilines is 2. The molecule has 3 N–H and O–H groups in total. The minimum Gasteiger partial charge on any atom is -0.326 e. The number of rotatable bonds is 4. The molecular weight excluding hydrogens is 258 g/mol. The maximum absolute atomic E-state index is 11.8. The molecule has 2 rings (SSSR count). The maximum Gasteiger partial charge on any atom is 0.292 e. The van der Waals surface area contributed by atoms with Gasteiger partial charge in [-0.3, -0.25) is 14.7 Å². The standard InChI is InChI=1S/C13H15N5O2/c1-8(2)12(19)16-9-4-3-5-10(6-9)17-13(20)11-14-7-15-18-11/h3-8H,1-2H3,(H,16,19)(H,17,20)(H,14,15,18). The summed E-state index contributed by atoms with van der Waals surface area (Å²) in [4.78, 5) is 27.2. The number of nitrogens with zero attached hydrogens (tertiary/aromatic N) is 2. The van der Waals surface area contributed by atoms with Crippen LogP contribution in [-0.4, -0.2) is 27.0 Å². The molecule has 0 spiro atoms. The van der Waals surface area contributed by atoms with Crippen molar-refractivity contribution in [2.45, 2.75) is 13.8 Å². The fraction of sp³-hybridized carbons (Fsp3) is 0.231. The van der Waals surface area contributed by atoms with E-state index in [4.69, 9.17) is 0 Å². The first-order valence-corrected chi connectivity index (χ1v) is 6.14. The van der Waals surface area contributed by atoms with Crippen molar-refractivity contribution < 1.29 is 9.59 Å². The van der Waals surface area contributed by atoms with Crippen LogP contribution in [0.2, 0.25) is 0 Å². The second kappa shape index (κ2) is 5.96. The molecule has 0 saturated heterocycles. The van der Waals surface area contributed by atoms with Crippen LogP contribution in [0.1, 0.15) is 24.5 Å². The molecule has 20 heavy (non-hydrogen) atoms. The van der Waals surface area contributed by atoms with E-state index >= 15 is 0 Å². The van der Waals surface area contributed by atoms with Crippen LogP contribution in [0.5, 0.6) is 0 Å². The Morgan fingerprint density at radius 2 is 1.90 bits per heavy atom. The third-order valence-electron chi connectivity index (χ3n) is 2.54. The second-order valence-electron chi connectivity index (χ2n) is 4.51. The number of hydrogen-bond donors (Lipinski definition) is 3. The van der Waals surface area contributed by atoms with Gasteiger partial charge in [-0.25, -0.2) is 4.98 Å². The summed E-state index contributed by atoms with van der Waals surface area (Å²) in [5.74, 6) is -0.456. The summed E-state index contributed by atoms with van der Waals surface area (Å²) in [7, 11) is 0. The highest BCUT2D eigenvalue weighted by atomic mass is 16.2. The van der Waals surface area contributed by atoms with Crippen molar-refractivity contribution in [1.82, 2.24) is 15.2 Å². The van der Waals surface area contributed by atoms with Gasteiger partial charge >= 0.3 is 0 Å². The van der Waals surface area contributed by atoms with Crippen LogP contribution in [0.3, 0.4) is 0 Å². The zero-order valence-corrected chi connectivity index (χ0v) is 11.2. The van der Waals surface area contributed by atoms with Gasteiger partial charge in [0.1, 0.15) is 6.33 Å². The molecule has 0 radical (unpaired) electrons. The smallest absolute Gasteiger partial charge is 0.292 e. The van der Waals surface area contributed by atoms with Gasteiger partial charge in [-0.1, -0.05) is 19.9 Å². The van der Waals surface area contributed by atoms with Gasteiger partial charge in [0.15, 0.2) is 0 Å². The Labute approximate surface area is 115 Å². The number of carbonyl (C=O) groups excluding carboxylic acids is 2. The number of carbonyl (C=O) groups is 2. The number of nitrogens with one attached hydrogen (secondary N) is 3. The van der Waals surface area contributed by atoms with Gasteiger partial charge in [-0.2, -0.15) is 5.10 Å². The third kappa shape index (κ3) is 3.41. The monoisotopic (exact) mass is 273 g/mol. The SMILES string of the molecule is CC(C)C(=O)Nc1cccc(NC(=O)c2ncn[nH]2)c1. The van der Waals surface area contributed by atoms with Crippen molar-refractivity contribution in [3.05, 3.63) is 36.4 Å². The summed E-state index contributed by atoms with van der Waals surface area (Å²) in [6, 6.07) is 6.89. The molecule has 0 unspecified atom stereocenters. The number of hydrogen-bond acceptors (Lipinski definition) is 4. The molecule has 1 aromatic heterocycles. The molecule has 0 aliphatic carbocycles. The van der Waals surface area contributed by atoms with Crippen molar-refractivity contribution in [3.8, 4) is 0 Å². The van der Waals surface area contributed by atoms with Gasteiger partial charge in [0.25, 0.3) is 5.91 Å². The molecule has 104 valence electrons. The lowest BCUT2D eigenvalue weighted by Gasteiger charge is -2.09. The number of benzene rings is 1. The van der Waals surface area contributed by atoms with E-state index in [2.05, 4.69) is 25.8 Å². The van der Waals surface area contributed by atoms with Crippen molar-refractivity contribution in [2.75, 3.05) is 10.6 Å². The summed E-state index contributed by atoms with van der Waals surface area (Å²) in [6.07, 6.45) is 1.26. The molecule has 1 aromatic carbocycles. The van der Waals surface area contributed by atoms with Crippen LogP contribution in [0.4, 0.5) is 11.4 Å². The summed E-state index contributed by atoms with van der Waals surface area (Å²) >= 11 is 0. The van der Waals surface area contributed by atoms with Crippen LogP contribution in [-0.2, 0) is 4.79 Å².